The first kappa shape index (κ1) is 89.2. The second-order valence-electron chi connectivity index (χ2n) is 24.3. The molecule has 0 aromatic rings. The molecule has 3 fully saturated rings. The highest BCUT2D eigenvalue weighted by molar-refractivity contribution is 7.47. The van der Waals surface area contributed by atoms with Crippen LogP contribution in [0.2, 0.25) is 0 Å². The summed E-state index contributed by atoms with van der Waals surface area (Å²) in [7, 11) is -13.3. The molecule has 3 heterocycles. The number of rotatable bonds is 55. The molecule has 39 heteroatoms. The normalized spacial score (nSPS) is 28.7. The zero-order valence-electron chi connectivity index (χ0n) is 56.4. The number of phosphoric acid groups is 3. The van der Waals surface area contributed by atoms with Crippen molar-refractivity contribution in [2.45, 2.75) is 223 Å². The predicted molar refractivity (Wildman–Crippen MR) is 338 cm³/mol. The first-order valence-electron chi connectivity index (χ1n) is 33.1. The lowest BCUT2D eigenvalue weighted by atomic mass is 9.79. The molecular weight excluding hydrogens is 1360 g/mol. The minimum Gasteiger partial charge on any atom is -0.394 e. The molecule has 3 rings (SSSR count). The third kappa shape index (κ3) is 34.9. The number of hydrogen-bond donors (Lipinski definition) is 15. The van der Waals surface area contributed by atoms with Gasteiger partial charge >= 0.3 is 23.5 Å². The van der Waals surface area contributed by atoms with Gasteiger partial charge in [-0.1, -0.05) is 52.4 Å². The van der Waals surface area contributed by atoms with Crippen LogP contribution >= 0.6 is 23.5 Å². The van der Waals surface area contributed by atoms with Crippen LogP contribution in [0.25, 0.3) is 0 Å². The molecule has 0 aliphatic carbocycles. The molecule has 572 valence electrons. The van der Waals surface area contributed by atoms with Crippen molar-refractivity contribution in [2.75, 3.05) is 119 Å². The van der Waals surface area contributed by atoms with Crippen molar-refractivity contribution in [3.05, 3.63) is 0 Å². The van der Waals surface area contributed by atoms with Crippen LogP contribution in [-0.4, -0.2) is 289 Å². The quantitative estimate of drug-likeness (QED) is 0.0277. The molecule has 0 spiro atoms. The van der Waals surface area contributed by atoms with Gasteiger partial charge in [-0.05, 0) is 63.7 Å². The van der Waals surface area contributed by atoms with Gasteiger partial charge in [0.15, 0.2) is 18.9 Å². The summed E-state index contributed by atoms with van der Waals surface area (Å²) in [5, 5.41) is 98.0. The average molecular weight is 1470 g/mol. The fourth-order valence-corrected chi connectivity index (χ4v) is 12.6. The summed E-state index contributed by atoms with van der Waals surface area (Å²) in [6.45, 7) is 5.92. The van der Waals surface area contributed by atoms with E-state index in [4.69, 9.17) is 69.8 Å². The van der Waals surface area contributed by atoms with E-state index in [1.807, 2.05) is 13.8 Å². The topological polar surface area (TPSA) is 520 Å². The van der Waals surface area contributed by atoms with Gasteiger partial charge in [-0.15, -0.1) is 0 Å². The van der Waals surface area contributed by atoms with E-state index >= 15 is 0 Å². The highest BCUT2D eigenvalue weighted by Crippen LogP contribution is 2.45. The summed E-state index contributed by atoms with van der Waals surface area (Å²) >= 11 is 0. The molecule has 3 saturated heterocycles. The van der Waals surface area contributed by atoms with Gasteiger partial charge in [-0.2, -0.15) is 0 Å². The molecule has 3 aliphatic heterocycles. The van der Waals surface area contributed by atoms with Crippen molar-refractivity contribution in [3.8, 4) is 0 Å². The van der Waals surface area contributed by atoms with E-state index in [-0.39, 0.29) is 124 Å². The van der Waals surface area contributed by atoms with Crippen LogP contribution in [0.1, 0.15) is 131 Å². The van der Waals surface area contributed by atoms with Gasteiger partial charge in [-0.25, -0.2) is 13.7 Å². The molecule has 3 amide bonds. The number of phosphoric ester groups is 3. The SMILES string of the molecule is CC(=O)NC1[C@H](OCCCCCCOP(=O)(O)OCCCOCC(COCCCOP(=O)(O)OCCCCCCO[C@@H]2OC(CO)[C@H](O)[C@H](O)C2NC(C)=O)(COCCCOP(=O)(O)OCCCCCCO[C@@H]2OC(CO)[C@H](O)[C@H](O)C2NC(C)=O)C(C)C)OC(CO)[C@H](O)[C@@H]1O. The van der Waals surface area contributed by atoms with Crippen molar-refractivity contribution in [1.82, 2.24) is 16.0 Å². The Hall–Kier alpha value is -1.98. The number of unbranched alkanes of at least 4 members (excludes halogenated alkanes) is 9. The number of hydrogen-bond acceptors (Lipinski definition) is 30. The minimum absolute atomic E-state index is 0.0790. The van der Waals surface area contributed by atoms with Crippen molar-refractivity contribution in [2.24, 2.45) is 11.3 Å². The first-order valence-corrected chi connectivity index (χ1v) is 37.6. The Morgan fingerprint density at radius 2 is 0.598 bits per heavy atom. The molecule has 0 bridgehead atoms. The molecule has 15 N–H and O–H groups in total. The summed E-state index contributed by atoms with van der Waals surface area (Å²) < 4.78 is 121. The van der Waals surface area contributed by atoms with Crippen LogP contribution in [0.15, 0.2) is 0 Å². The van der Waals surface area contributed by atoms with E-state index in [0.717, 1.165) is 0 Å². The van der Waals surface area contributed by atoms with Crippen LogP contribution in [0.3, 0.4) is 0 Å². The lowest BCUT2D eigenvalue weighted by Gasteiger charge is -2.42. The third-order valence-corrected chi connectivity index (χ3v) is 19.0. The summed E-state index contributed by atoms with van der Waals surface area (Å²) in [6.07, 6.45) is -8.46. The second-order valence-corrected chi connectivity index (χ2v) is 28.7. The van der Waals surface area contributed by atoms with E-state index in [0.29, 0.717) is 77.0 Å². The van der Waals surface area contributed by atoms with Gasteiger partial charge in [0.1, 0.15) is 73.1 Å². The first-order chi connectivity index (χ1) is 46.0. The highest BCUT2D eigenvalue weighted by atomic mass is 31.2. The van der Waals surface area contributed by atoms with E-state index < -0.39 is 158 Å². The van der Waals surface area contributed by atoms with Crippen molar-refractivity contribution in [1.29, 1.82) is 0 Å². The molecule has 9 unspecified atom stereocenters. The largest absolute Gasteiger partial charge is 0.472 e. The molecule has 0 radical (unpaired) electrons. The molecule has 18 atom stereocenters. The van der Waals surface area contributed by atoms with Crippen molar-refractivity contribution in [3.63, 3.8) is 0 Å². The monoisotopic (exact) mass is 1470 g/mol. The number of ether oxygens (including phenoxy) is 9. The summed E-state index contributed by atoms with van der Waals surface area (Å²) in [5.74, 6) is -1.58. The zero-order valence-corrected chi connectivity index (χ0v) is 59.0. The second kappa shape index (κ2) is 48.1. The van der Waals surface area contributed by atoms with Gasteiger partial charge in [0.2, 0.25) is 17.7 Å². The van der Waals surface area contributed by atoms with Crippen LogP contribution in [0.4, 0.5) is 0 Å². The van der Waals surface area contributed by atoms with Crippen molar-refractivity contribution >= 4 is 41.2 Å². The Kier molecular flexibility index (Phi) is 44.3. The number of aliphatic hydroxyl groups is 9. The van der Waals surface area contributed by atoms with E-state index in [9.17, 15) is 88.7 Å². The standard InChI is InChI=1S/C58H112N3O33P3/c1-39(2)58(36-80-21-18-30-89-95(74,75)86-27-15-9-6-12-24-83-55-46(59-40(3)65)52(71)49(68)43(33-62)92-55,37-81-22-19-31-90-96(76,77)87-28-16-10-7-13-25-84-56-47(60-41(4)66)53(72)50(69)44(34-63)93-56)38-82-23-20-32-91-97(78,79)88-29-17-11-8-14-26-85-57-48(61-42(5)67)54(73)51(70)45(35-64)94-57/h39,43-57,62-64,68-73H,6-38H2,1-5H3,(H,59,65)(H,60,66)(H,61,67)(H,74,75)(H,76,77)(H,78,79)/t43?,44?,45?,46?,47?,48?,49-,50-,51-,52+,53+,54+,55+,56+,57+,58?/m0/s1. The van der Waals surface area contributed by atoms with Gasteiger partial charge in [0, 0.05) is 65.8 Å². The highest BCUT2D eigenvalue weighted by Gasteiger charge is 2.48. The molecular formula is C58H112N3O33P3. The fraction of sp³-hybridized carbons (Fsp3) is 0.948. The lowest BCUT2D eigenvalue weighted by Crippen LogP contribution is -2.64. The van der Waals surface area contributed by atoms with Crippen molar-refractivity contribution < 1.29 is 158 Å². The van der Waals surface area contributed by atoms with Gasteiger partial charge < -0.3 is 119 Å². The Morgan fingerprint density at radius 3 is 0.814 bits per heavy atom. The fourth-order valence-electron chi connectivity index (χ4n) is 10.2. The van der Waals surface area contributed by atoms with E-state index in [2.05, 4.69) is 16.0 Å². The predicted octanol–water partition coefficient (Wildman–Crippen LogP) is -0.188. The molecule has 0 aromatic heterocycles. The van der Waals surface area contributed by atoms with Crippen LogP contribution in [0.5, 0.6) is 0 Å². The molecule has 3 aliphatic rings. The van der Waals surface area contributed by atoms with Gasteiger partial charge in [0.05, 0.1) is 79.3 Å². The Bertz CT molecular complexity index is 2080. The Labute approximate surface area is 567 Å². The minimum atomic E-state index is -4.43. The smallest absolute Gasteiger partial charge is 0.394 e. The number of carbonyl (C=O) groups excluding carboxylic acids is 3. The Morgan fingerprint density at radius 1 is 0.371 bits per heavy atom. The molecule has 0 aromatic carbocycles. The molecule has 0 saturated carbocycles. The van der Waals surface area contributed by atoms with E-state index in [1.165, 1.54) is 20.8 Å². The maximum Gasteiger partial charge on any atom is 0.472 e. The number of carbonyl (C=O) groups is 3. The zero-order chi connectivity index (χ0) is 72.0. The third-order valence-electron chi connectivity index (χ3n) is 15.9. The Balaban J connectivity index is 1.41. The number of amides is 3. The number of nitrogens with one attached hydrogen (secondary N) is 3. The van der Waals surface area contributed by atoms with Crippen LogP contribution in [-0.2, 0) is 97.9 Å². The van der Waals surface area contributed by atoms with Gasteiger partial charge in [0.25, 0.3) is 0 Å². The summed E-state index contributed by atoms with van der Waals surface area (Å²) in [4.78, 5) is 66.0. The lowest BCUT2D eigenvalue weighted by molar-refractivity contribution is -0.270. The van der Waals surface area contributed by atoms with Gasteiger partial charge in [-0.3, -0.25) is 41.5 Å². The van der Waals surface area contributed by atoms with E-state index in [1.54, 1.807) is 0 Å². The van der Waals surface area contributed by atoms with Crippen LogP contribution in [0, 0.1) is 11.3 Å². The van der Waals surface area contributed by atoms with Crippen LogP contribution < -0.4 is 16.0 Å². The maximum absolute atomic E-state index is 12.7. The average Bonchev–Trinajstić information content (AvgIpc) is 0.827. The maximum atomic E-state index is 12.7. The number of aliphatic hydroxyl groups excluding tert-OH is 9. The molecule has 36 nitrogen and oxygen atoms in total. The molecule has 97 heavy (non-hydrogen) atoms. The summed E-state index contributed by atoms with van der Waals surface area (Å²) in [5.41, 5.74) is -0.803. The summed E-state index contributed by atoms with van der Waals surface area (Å²) in [6, 6.07) is -3.20.